The first-order valence-electron chi connectivity index (χ1n) is 3.23. The van der Waals surface area contributed by atoms with Gasteiger partial charge in [0.25, 0.3) is 0 Å². The summed E-state index contributed by atoms with van der Waals surface area (Å²) in [6.45, 7) is 4.23. The van der Waals surface area contributed by atoms with Crippen LogP contribution in [0, 0.1) is 10.8 Å². The largest absolute Gasteiger partial charge is 0.348 e. The molecule has 0 amide bonds. The number of aromatic amines is 1. The molecule has 1 heterocycles. The number of aromatic nitrogens is 2. The van der Waals surface area contributed by atoms with Crippen molar-refractivity contribution in [2.45, 2.75) is 20.3 Å². The van der Waals surface area contributed by atoms with E-state index in [0.717, 1.165) is 12.2 Å². The molecule has 0 spiro atoms. The fraction of sp³-hybridized carbons (Fsp3) is 0.667. The number of hydrogen-bond donors (Lipinski definition) is 1. The SMILES string of the molecule is CC(C)Cc1nc(=S)o[nH]1. The van der Waals surface area contributed by atoms with Gasteiger partial charge < -0.3 is 4.52 Å². The molecule has 0 fully saturated rings. The van der Waals surface area contributed by atoms with Crippen LogP contribution in [0.25, 0.3) is 0 Å². The fourth-order valence-corrected chi connectivity index (χ4v) is 0.884. The summed E-state index contributed by atoms with van der Waals surface area (Å²) in [5.41, 5.74) is 0. The van der Waals surface area contributed by atoms with E-state index in [-0.39, 0.29) is 4.84 Å². The normalized spacial score (nSPS) is 10.7. The van der Waals surface area contributed by atoms with E-state index in [0.29, 0.717) is 5.92 Å². The van der Waals surface area contributed by atoms with Gasteiger partial charge in [-0.1, -0.05) is 13.8 Å². The minimum Gasteiger partial charge on any atom is -0.348 e. The van der Waals surface area contributed by atoms with Crippen molar-refractivity contribution in [3.8, 4) is 0 Å². The molecule has 1 aromatic rings. The second-order valence-corrected chi connectivity index (χ2v) is 2.98. The molecule has 3 nitrogen and oxygen atoms in total. The molecule has 0 aliphatic carbocycles. The van der Waals surface area contributed by atoms with Crippen molar-refractivity contribution < 1.29 is 4.52 Å². The smallest absolute Gasteiger partial charge is 0.314 e. The number of nitrogens with one attached hydrogen (secondary N) is 1. The summed E-state index contributed by atoms with van der Waals surface area (Å²) in [6.07, 6.45) is 0.889. The van der Waals surface area contributed by atoms with Gasteiger partial charge in [-0.25, -0.2) is 5.16 Å². The van der Waals surface area contributed by atoms with Gasteiger partial charge in [0.15, 0.2) is 0 Å². The molecule has 4 heteroatoms. The average molecular weight is 158 g/mol. The van der Waals surface area contributed by atoms with E-state index < -0.39 is 0 Å². The molecule has 0 bridgehead atoms. The zero-order valence-corrected chi connectivity index (χ0v) is 6.86. The van der Waals surface area contributed by atoms with Crippen molar-refractivity contribution in [3.63, 3.8) is 0 Å². The van der Waals surface area contributed by atoms with Crippen LogP contribution in [0.5, 0.6) is 0 Å². The standard InChI is InChI=1S/C6H10N2OS/c1-4(2)3-5-7-6(10)9-8-5/h4H,3H2,1-2H3,(H,7,8,10). The average Bonchev–Trinajstić information content (AvgIpc) is 2.13. The molecule has 0 atom stereocenters. The van der Waals surface area contributed by atoms with Gasteiger partial charge in [-0.15, -0.1) is 0 Å². The van der Waals surface area contributed by atoms with Crippen LogP contribution in [0.4, 0.5) is 0 Å². The minimum atomic E-state index is 0.288. The highest BCUT2D eigenvalue weighted by Crippen LogP contribution is 2.01. The molecule has 0 saturated heterocycles. The molecular weight excluding hydrogens is 148 g/mol. The Labute approximate surface area is 64.4 Å². The Morgan fingerprint density at radius 2 is 2.40 bits per heavy atom. The molecule has 0 aliphatic rings. The van der Waals surface area contributed by atoms with E-state index in [1.807, 2.05) is 0 Å². The highest BCUT2D eigenvalue weighted by atomic mass is 32.1. The van der Waals surface area contributed by atoms with Crippen LogP contribution in [0.3, 0.4) is 0 Å². The lowest BCUT2D eigenvalue weighted by molar-refractivity contribution is 0.395. The lowest BCUT2D eigenvalue weighted by Crippen LogP contribution is -1.95. The fourth-order valence-electron chi connectivity index (χ4n) is 0.732. The van der Waals surface area contributed by atoms with E-state index in [1.54, 1.807) is 0 Å². The van der Waals surface area contributed by atoms with Gasteiger partial charge in [-0.05, 0) is 18.1 Å². The molecule has 0 aliphatic heterocycles. The lowest BCUT2D eigenvalue weighted by Gasteiger charge is -1.96. The van der Waals surface area contributed by atoms with Gasteiger partial charge in [0.05, 0.1) is 0 Å². The van der Waals surface area contributed by atoms with Crippen LogP contribution >= 0.6 is 12.2 Å². The quantitative estimate of drug-likeness (QED) is 0.669. The maximum Gasteiger partial charge on any atom is 0.314 e. The summed E-state index contributed by atoms with van der Waals surface area (Å²) in [5, 5.41) is 2.65. The van der Waals surface area contributed by atoms with Crippen molar-refractivity contribution in [2.75, 3.05) is 0 Å². The van der Waals surface area contributed by atoms with Gasteiger partial charge in [0.1, 0.15) is 5.82 Å². The third kappa shape index (κ3) is 1.95. The van der Waals surface area contributed by atoms with Gasteiger partial charge in [-0.2, -0.15) is 4.98 Å². The van der Waals surface area contributed by atoms with E-state index in [9.17, 15) is 0 Å². The van der Waals surface area contributed by atoms with Crippen LogP contribution in [0.15, 0.2) is 4.52 Å². The van der Waals surface area contributed by atoms with E-state index in [2.05, 4.69) is 36.2 Å². The molecule has 10 heavy (non-hydrogen) atoms. The van der Waals surface area contributed by atoms with Crippen molar-refractivity contribution in [1.82, 2.24) is 10.1 Å². The molecular formula is C6H10N2OS. The molecule has 0 unspecified atom stereocenters. The Kier molecular flexibility index (Phi) is 2.21. The summed E-state index contributed by atoms with van der Waals surface area (Å²) in [6, 6.07) is 0. The maximum absolute atomic E-state index is 4.74. The summed E-state index contributed by atoms with van der Waals surface area (Å²) < 4.78 is 4.74. The summed E-state index contributed by atoms with van der Waals surface area (Å²) in [7, 11) is 0. The summed E-state index contributed by atoms with van der Waals surface area (Å²) in [4.78, 5) is 4.23. The third-order valence-corrected chi connectivity index (χ3v) is 1.26. The molecule has 0 radical (unpaired) electrons. The second kappa shape index (κ2) is 2.96. The molecule has 1 N–H and O–H groups in total. The first-order chi connectivity index (χ1) is 4.68. The first-order valence-corrected chi connectivity index (χ1v) is 3.63. The van der Waals surface area contributed by atoms with Crippen LogP contribution in [0.2, 0.25) is 0 Å². The second-order valence-electron chi connectivity index (χ2n) is 2.63. The lowest BCUT2D eigenvalue weighted by atomic mass is 10.1. The molecule has 0 aromatic carbocycles. The van der Waals surface area contributed by atoms with Crippen LogP contribution in [-0.2, 0) is 6.42 Å². The monoisotopic (exact) mass is 158 g/mol. The number of H-pyrrole nitrogens is 1. The Balaban J connectivity index is 2.67. The molecule has 1 rings (SSSR count). The topological polar surface area (TPSA) is 41.8 Å². The van der Waals surface area contributed by atoms with Gasteiger partial charge in [-0.3, -0.25) is 0 Å². The Hall–Kier alpha value is -0.640. The van der Waals surface area contributed by atoms with Gasteiger partial charge in [0, 0.05) is 6.42 Å². The molecule has 1 aromatic heterocycles. The predicted molar refractivity (Wildman–Crippen MR) is 40.2 cm³/mol. The Morgan fingerprint density at radius 1 is 1.70 bits per heavy atom. The van der Waals surface area contributed by atoms with E-state index >= 15 is 0 Å². The molecule has 56 valence electrons. The maximum atomic E-state index is 4.74. The summed E-state index contributed by atoms with van der Waals surface area (Å²) >= 11 is 4.68. The number of nitrogens with zero attached hydrogens (tertiary/aromatic N) is 1. The van der Waals surface area contributed by atoms with Crippen LogP contribution in [-0.4, -0.2) is 10.1 Å². The van der Waals surface area contributed by atoms with Crippen LogP contribution in [0.1, 0.15) is 19.7 Å². The highest BCUT2D eigenvalue weighted by Gasteiger charge is 2.00. The van der Waals surface area contributed by atoms with Crippen molar-refractivity contribution >= 4 is 12.2 Å². The van der Waals surface area contributed by atoms with Gasteiger partial charge >= 0.3 is 4.84 Å². The first kappa shape index (κ1) is 7.47. The Morgan fingerprint density at radius 3 is 2.80 bits per heavy atom. The van der Waals surface area contributed by atoms with Crippen LogP contribution < -0.4 is 0 Å². The minimum absolute atomic E-state index is 0.288. The van der Waals surface area contributed by atoms with Gasteiger partial charge in [0.2, 0.25) is 0 Å². The van der Waals surface area contributed by atoms with E-state index in [4.69, 9.17) is 4.52 Å². The zero-order valence-electron chi connectivity index (χ0n) is 6.05. The predicted octanol–water partition coefficient (Wildman–Crippen LogP) is 1.93. The number of hydrogen-bond acceptors (Lipinski definition) is 3. The van der Waals surface area contributed by atoms with Crippen molar-refractivity contribution in [2.24, 2.45) is 5.92 Å². The van der Waals surface area contributed by atoms with Crippen molar-refractivity contribution in [3.05, 3.63) is 10.7 Å². The van der Waals surface area contributed by atoms with Crippen molar-refractivity contribution in [1.29, 1.82) is 0 Å². The zero-order chi connectivity index (χ0) is 7.56. The van der Waals surface area contributed by atoms with E-state index in [1.165, 1.54) is 0 Å². The number of rotatable bonds is 2. The third-order valence-electron chi connectivity index (χ3n) is 1.08. The Bertz CT molecular complexity index is 250. The summed E-state index contributed by atoms with van der Waals surface area (Å²) in [5.74, 6) is 1.41. The molecule has 0 saturated carbocycles. The highest BCUT2D eigenvalue weighted by molar-refractivity contribution is 7.71.